The number of halogens is 2. The molecule has 2 rings (SSSR count). The molecule has 0 spiro atoms. The molecule has 0 bridgehead atoms. The molecular formula is C14H11BrFNO3S. The van der Waals surface area contributed by atoms with Crippen molar-refractivity contribution in [2.45, 2.75) is 6.92 Å². The third-order valence-electron chi connectivity index (χ3n) is 2.58. The maximum absolute atomic E-state index is 13.7. The number of hydrogen-bond donors (Lipinski definition) is 1. The number of benzene rings is 1. The molecule has 0 saturated carbocycles. The molecule has 21 heavy (non-hydrogen) atoms. The van der Waals surface area contributed by atoms with Crippen molar-refractivity contribution >= 4 is 44.1 Å². The lowest BCUT2D eigenvalue weighted by atomic mass is 10.2. The fraction of sp³-hybridized carbons (Fsp3) is 0.143. The van der Waals surface area contributed by atoms with Gasteiger partial charge in [-0.25, -0.2) is 9.18 Å². The average molecular weight is 372 g/mol. The van der Waals surface area contributed by atoms with Crippen molar-refractivity contribution in [1.29, 1.82) is 0 Å². The highest BCUT2D eigenvalue weighted by Gasteiger charge is 2.20. The Morgan fingerprint density at radius 1 is 1.38 bits per heavy atom. The van der Waals surface area contributed by atoms with Crippen LogP contribution in [0, 0.1) is 5.82 Å². The van der Waals surface area contributed by atoms with Gasteiger partial charge in [-0.2, -0.15) is 0 Å². The van der Waals surface area contributed by atoms with Gasteiger partial charge in [-0.05, 0) is 46.4 Å². The van der Waals surface area contributed by atoms with Crippen LogP contribution in [-0.2, 0) is 4.74 Å². The monoisotopic (exact) mass is 371 g/mol. The van der Waals surface area contributed by atoms with Gasteiger partial charge in [-0.1, -0.05) is 6.07 Å². The second kappa shape index (κ2) is 6.82. The molecule has 110 valence electrons. The third kappa shape index (κ3) is 3.48. The standard InChI is InChI=1S/C14H11BrFNO3S/c1-2-20-14(19)8-6-7-21-13(8)17-12(18)11-9(15)4-3-5-10(11)16/h3-7H,2H2,1H3,(H,17,18). The van der Waals surface area contributed by atoms with Crippen LogP contribution in [0.4, 0.5) is 9.39 Å². The van der Waals surface area contributed by atoms with Gasteiger partial charge in [-0.3, -0.25) is 4.79 Å². The molecule has 2 aromatic rings. The van der Waals surface area contributed by atoms with Crippen LogP contribution in [0.25, 0.3) is 0 Å². The molecule has 0 aliphatic rings. The highest BCUT2D eigenvalue weighted by molar-refractivity contribution is 9.10. The Kier molecular flexibility index (Phi) is 5.08. The van der Waals surface area contributed by atoms with Crippen molar-refractivity contribution in [2.75, 3.05) is 11.9 Å². The number of carbonyl (C=O) groups excluding carboxylic acids is 2. The second-order valence-corrected chi connectivity index (χ2v) is 5.71. The molecule has 7 heteroatoms. The normalized spacial score (nSPS) is 10.2. The number of carbonyl (C=O) groups is 2. The maximum Gasteiger partial charge on any atom is 0.341 e. The van der Waals surface area contributed by atoms with Crippen molar-refractivity contribution in [3.8, 4) is 0 Å². The van der Waals surface area contributed by atoms with E-state index in [4.69, 9.17) is 4.74 Å². The number of nitrogens with one attached hydrogen (secondary N) is 1. The summed E-state index contributed by atoms with van der Waals surface area (Å²) < 4.78 is 19.0. The van der Waals surface area contributed by atoms with E-state index in [1.165, 1.54) is 23.5 Å². The van der Waals surface area contributed by atoms with Crippen LogP contribution >= 0.6 is 27.3 Å². The molecule has 0 saturated heterocycles. The Labute approximate surface area is 133 Å². The molecule has 1 heterocycles. The molecule has 1 N–H and O–H groups in total. The van der Waals surface area contributed by atoms with E-state index in [0.29, 0.717) is 9.47 Å². The fourth-order valence-corrected chi connectivity index (χ4v) is 2.95. The molecule has 0 unspecified atom stereocenters. The number of rotatable bonds is 4. The summed E-state index contributed by atoms with van der Waals surface area (Å²) in [6.45, 7) is 1.93. The van der Waals surface area contributed by atoms with Crippen molar-refractivity contribution in [3.05, 3.63) is 51.1 Å². The highest BCUT2D eigenvalue weighted by Crippen LogP contribution is 2.27. The first-order valence-electron chi connectivity index (χ1n) is 6.04. The zero-order valence-electron chi connectivity index (χ0n) is 11.0. The van der Waals surface area contributed by atoms with Crippen LogP contribution in [0.3, 0.4) is 0 Å². The van der Waals surface area contributed by atoms with Crippen LogP contribution in [0.15, 0.2) is 34.1 Å². The summed E-state index contributed by atoms with van der Waals surface area (Å²) in [5.74, 6) is -1.80. The Balaban J connectivity index is 2.25. The lowest BCUT2D eigenvalue weighted by molar-refractivity contribution is 0.0528. The van der Waals surface area contributed by atoms with Gasteiger partial charge in [0.2, 0.25) is 0 Å². The van der Waals surface area contributed by atoms with Gasteiger partial charge in [-0.15, -0.1) is 11.3 Å². The third-order valence-corrected chi connectivity index (χ3v) is 4.07. The van der Waals surface area contributed by atoms with Crippen LogP contribution in [-0.4, -0.2) is 18.5 Å². The minimum Gasteiger partial charge on any atom is -0.462 e. The van der Waals surface area contributed by atoms with E-state index < -0.39 is 17.7 Å². The SMILES string of the molecule is CCOC(=O)c1ccsc1NC(=O)c1c(F)cccc1Br. The van der Waals surface area contributed by atoms with Gasteiger partial charge in [0.25, 0.3) is 5.91 Å². The topological polar surface area (TPSA) is 55.4 Å². The van der Waals surface area contributed by atoms with Gasteiger partial charge < -0.3 is 10.1 Å². The largest absolute Gasteiger partial charge is 0.462 e. The first-order valence-corrected chi connectivity index (χ1v) is 7.71. The van der Waals surface area contributed by atoms with Gasteiger partial charge >= 0.3 is 5.97 Å². The summed E-state index contributed by atoms with van der Waals surface area (Å²) in [6, 6.07) is 5.80. The quantitative estimate of drug-likeness (QED) is 0.823. The molecule has 0 aliphatic heterocycles. The van der Waals surface area contributed by atoms with Crippen molar-refractivity contribution in [2.24, 2.45) is 0 Å². The molecule has 0 atom stereocenters. The van der Waals surface area contributed by atoms with E-state index in [1.807, 2.05) is 0 Å². The van der Waals surface area contributed by atoms with E-state index in [1.54, 1.807) is 24.4 Å². The van der Waals surface area contributed by atoms with Gasteiger partial charge in [0.15, 0.2) is 0 Å². The van der Waals surface area contributed by atoms with Crippen LogP contribution < -0.4 is 5.32 Å². The minimum atomic E-state index is -0.642. The molecule has 1 aromatic heterocycles. The zero-order chi connectivity index (χ0) is 15.4. The maximum atomic E-state index is 13.7. The number of anilines is 1. The fourth-order valence-electron chi connectivity index (χ4n) is 1.66. The average Bonchev–Trinajstić information content (AvgIpc) is 2.87. The Morgan fingerprint density at radius 3 is 2.81 bits per heavy atom. The van der Waals surface area contributed by atoms with Crippen molar-refractivity contribution in [1.82, 2.24) is 0 Å². The molecule has 0 fully saturated rings. The Morgan fingerprint density at radius 2 is 2.14 bits per heavy atom. The smallest absolute Gasteiger partial charge is 0.341 e. The lowest BCUT2D eigenvalue weighted by Gasteiger charge is -2.08. The second-order valence-electron chi connectivity index (χ2n) is 3.93. The van der Waals surface area contributed by atoms with Crippen molar-refractivity contribution < 1.29 is 18.7 Å². The highest BCUT2D eigenvalue weighted by atomic mass is 79.9. The minimum absolute atomic E-state index is 0.110. The summed E-state index contributed by atoms with van der Waals surface area (Å²) in [5, 5.41) is 4.52. The number of hydrogen-bond acceptors (Lipinski definition) is 4. The van der Waals surface area contributed by atoms with E-state index in [-0.39, 0.29) is 17.7 Å². The number of esters is 1. The number of thiophene rings is 1. The molecule has 1 aromatic carbocycles. The van der Waals surface area contributed by atoms with Gasteiger partial charge in [0, 0.05) is 4.47 Å². The zero-order valence-corrected chi connectivity index (χ0v) is 13.4. The Hall–Kier alpha value is -1.73. The molecule has 4 nitrogen and oxygen atoms in total. The van der Waals surface area contributed by atoms with Gasteiger partial charge in [0.05, 0.1) is 17.7 Å². The van der Waals surface area contributed by atoms with Crippen LogP contribution in [0.1, 0.15) is 27.6 Å². The first kappa shape index (κ1) is 15.7. The summed E-state index contributed by atoms with van der Waals surface area (Å²) >= 11 is 4.30. The van der Waals surface area contributed by atoms with Crippen molar-refractivity contribution in [3.63, 3.8) is 0 Å². The van der Waals surface area contributed by atoms with Gasteiger partial charge in [0.1, 0.15) is 10.8 Å². The number of amides is 1. The van der Waals surface area contributed by atoms with E-state index in [2.05, 4.69) is 21.2 Å². The predicted molar refractivity (Wildman–Crippen MR) is 82.3 cm³/mol. The van der Waals surface area contributed by atoms with Crippen LogP contribution in [0.5, 0.6) is 0 Å². The Bertz CT molecular complexity index is 666. The van der Waals surface area contributed by atoms with E-state index >= 15 is 0 Å². The molecule has 1 amide bonds. The summed E-state index contributed by atoms with van der Waals surface area (Å²) in [4.78, 5) is 23.9. The van der Waals surface area contributed by atoms with Crippen LogP contribution in [0.2, 0.25) is 0 Å². The summed E-state index contributed by atoms with van der Waals surface area (Å²) in [7, 11) is 0. The summed E-state index contributed by atoms with van der Waals surface area (Å²) in [6.07, 6.45) is 0. The van der Waals surface area contributed by atoms with E-state index in [0.717, 1.165) is 0 Å². The number of ether oxygens (including phenoxy) is 1. The predicted octanol–water partition coefficient (Wildman–Crippen LogP) is 4.08. The van der Waals surface area contributed by atoms with E-state index in [9.17, 15) is 14.0 Å². The lowest BCUT2D eigenvalue weighted by Crippen LogP contribution is -2.16. The summed E-state index contributed by atoms with van der Waals surface area (Å²) in [5.41, 5.74) is 0.142. The molecule has 0 radical (unpaired) electrons. The first-order chi connectivity index (χ1) is 10.0. The molecular weight excluding hydrogens is 361 g/mol. The molecule has 0 aliphatic carbocycles.